The molecule has 0 aromatic carbocycles. The summed E-state index contributed by atoms with van der Waals surface area (Å²) in [7, 11) is 0. The summed E-state index contributed by atoms with van der Waals surface area (Å²) in [4.78, 5) is 0. The largest absolute Gasteiger partial charge is 0.384 e. The monoisotopic (exact) mass is 331 g/mol. The topological polar surface area (TPSA) is 54.7 Å². The van der Waals surface area contributed by atoms with Gasteiger partial charge in [-0.15, -0.1) is 0 Å². The van der Waals surface area contributed by atoms with Crippen molar-refractivity contribution < 1.29 is 0 Å². The lowest BCUT2D eigenvalue weighted by molar-refractivity contribution is 1.10. The third-order valence-corrected chi connectivity index (χ3v) is 2.26. The van der Waals surface area contributed by atoms with Gasteiger partial charge in [-0.05, 0) is 0 Å². The highest BCUT2D eigenvalue weighted by Gasteiger charge is 2.24. The van der Waals surface area contributed by atoms with Crippen LogP contribution in [0.4, 0.5) is 5.82 Å². The molecule has 3 N–H and O–H groups in total. The molecule has 1 aromatic heterocycles. The van der Waals surface area contributed by atoms with E-state index >= 15 is 0 Å². The van der Waals surface area contributed by atoms with E-state index in [0.717, 1.165) is 5.56 Å². The number of nitrogens with zero attached hydrogens (tertiary/aromatic N) is 1. The Balaban J connectivity index is 3.05. The zero-order chi connectivity index (χ0) is 7.78. The van der Waals surface area contributed by atoms with Crippen LogP contribution in [0.5, 0.6) is 0 Å². The molecule has 0 aliphatic rings. The first-order valence-electron chi connectivity index (χ1n) is 2.38. The predicted octanol–water partition coefficient (Wildman–Crippen LogP) is 2.29. The maximum Gasteiger partial charge on any atom is 0.164 e. The molecule has 0 bridgehead atoms. The number of nitrogen functional groups attached to an aromatic ring is 1. The van der Waals surface area contributed by atoms with Crippen LogP contribution < -0.4 is 5.73 Å². The lowest BCUT2D eigenvalue weighted by Gasteiger charge is -2.08. The zero-order valence-electron chi connectivity index (χ0n) is 4.74. The Bertz CT molecular complexity index is 226. The van der Waals surface area contributed by atoms with Crippen molar-refractivity contribution in [3.63, 3.8) is 0 Å². The third-order valence-electron chi connectivity index (χ3n) is 0.974. The van der Waals surface area contributed by atoms with Crippen molar-refractivity contribution in [2.75, 3.05) is 5.73 Å². The Morgan fingerprint density at radius 2 is 2.10 bits per heavy atom. The normalized spacial score (nSPS) is 11.9. The average molecular weight is 334 g/mol. The Kier molecular flexibility index (Phi) is 2.42. The molecule has 1 rings (SSSR count). The highest BCUT2D eigenvalue weighted by atomic mass is 80.0. The fourth-order valence-corrected chi connectivity index (χ4v) is 1.47. The van der Waals surface area contributed by atoms with Gasteiger partial charge in [0.05, 0.1) is 11.8 Å². The first-order chi connectivity index (χ1) is 4.52. The predicted molar refractivity (Wildman–Crippen MR) is 51.5 cm³/mol. The number of hydrogen-bond donors (Lipinski definition) is 2. The molecular weight excluding hydrogens is 330 g/mol. The molecule has 0 atom stereocenters. The Hall–Kier alpha value is 0.450. The summed E-state index contributed by atoms with van der Waals surface area (Å²) in [5, 5.41) is 6.36. The van der Waals surface area contributed by atoms with E-state index in [2.05, 4.69) is 58.0 Å². The van der Waals surface area contributed by atoms with Crippen molar-refractivity contribution in [3.05, 3.63) is 11.8 Å². The van der Waals surface area contributed by atoms with E-state index in [0.29, 0.717) is 5.82 Å². The van der Waals surface area contributed by atoms with E-state index in [4.69, 9.17) is 5.73 Å². The molecule has 1 heterocycles. The number of nitrogens with two attached hydrogens (primary N) is 1. The fraction of sp³-hybridized carbons (Fsp3) is 0.250. The minimum absolute atomic E-state index is 0.468. The molecule has 56 valence electrons. The summed E-state index contributed by atoms with van der Waals surface area (Å²) in [6, 6.07) is 0. The highest BCUT2D eigenvalue weighted by Crippen LogP contribution is 2.45. The van der Waals surface area contributed by atoms with Crippen molar-refractivity contribution in [3.8, 4) is 0 Å². The number of alkyl halides is 3. The summed E-state index contributed by atoms with van der Waals surface area (Å²) in [5.74, 6) is 0.533. The number of aromatic nitrogens is 2. The van der Waals surface area contributed by atoms with Crippen LogP contribution >= 0.6 is 47.8 Å². The maximum atomic E-state index is 5.52. The molecule has 3 nitrogen and oxygen atoms in total. The van der Waals surface area contributed by atoms with Crippen LogP contribution in [0.1, 0.15) is 5.56 Å². The van der Waals surface area contributed by atoms with Gasteiger partial charge in [0.1, 0.15) is 5.82 Å². The van der Waals surface area contributed by atoms with Crippen LogP contribution in [-0.2, 0) is 2.14 Å². The van der Waals surface area contributed by atoms with Crippen LogP contribution in [0.15, 0.2) is 6.20 Å². The van der Waals surface area contributed by atoms with Crippen LogP contribution in [0, 0.1) is 0 Å². The molecule has 0 unspecified atom stereocenters. The molecule has 0 aliphatic heterocycles. The lowest BCUT2D eigenvalue weighted by atomic mass is 10.4. The van der Waals surface area contributed by atoms with E-state index in [9.17, 15) is 0 Å². The van der Waals surface area contributed by atoms with Gasteiger partial charge in [0.25, 0.3) is 0 Å². The minimum Gasteiger partial charge on any atom is -0.384 e. The molecule has 0 aliphatic carbocycles. The van der Waals surface area contributed by atoms with Gasteiger partial charge in [-0.2, -0.15) is 5.10 Å². The minimum atomic E-state index is -0.468. The van der Waals surface area contributed by atoms with Gasteiger partial charge >= 0.3 is 0 Å². The number of nitrogens with one attached hydrogen (secondary N) is 1. The van der Waals surface area contributed by atoms with Crippen molar-refractivity contribution in [2.24, 2.45) is 0 Å². The van der Waals surface area contributed by atoms with Gasteiger partial charge in [0.15, 0.2) is 2.14 Å². The van der Waals surface area contributed by atoms with Gasteiger partial charge in [-0.25, -0.2) is 0 Å². The summed E-state index contributed by atoms with van der Waals surface area (Å²) in [5.41, 5.74) is 6.35. The van der Waals surface area contributed by atoms with E-state index < -0.39 is 2.14 Å². The van der Waals surface area contributed by atoms with Gasteiger partial charge in [-0.3, -0.25) is 5.10 Å². The van der Waals surface area contributed by atoms with Crippen LogP contribution in [-0.4, -0.2) is 10.2 Å². The molecule has 10 heavy (non-hydrogen) atoms. The smallest absolute Gasteiger partial charge is 0.164 e. The first-order valence-corrected chi connectivity index (χ1v) is 4.76. The van der Waals surface area contributed by atoms with Gasteiger partial charge in [0.2, 0.25) is 0 Å². The fourth-order valence-electron chi connectivity index (χ4n) is 0.522. The summed E-state index contributed by atoms with van der Waals surface area (Å²) in [6.45, 7) is 0. The lowest BCUT2D eigenvalue weighted by Crippen LogP contribution is -2.00. The molecule has 0 saturated heterocycles. The van der Waals surface area contributed by atoms with Crippen LogP contribution in [0.3, 0.4) is 0 Å². The van der Waals surface area contributed by atoms with E-state index in [-0.39, 0.29) is 0 Å². The van der Waals surface area contributed by atoms with Crippen molar-refractivity contribution in [1.29, 1.82) is 0 Å². The molecule has 0 saturated carbocycles. The second-order valence-electron chi connectivity index (χ2n) is 1.70. The standard InChI is InChI=1S/C4H4Br3N3/c5-4(6,7)2-1-9-10-3(2)8/h1H,(H3,8,9,10). The van der Waals surface area contributed by atoms with Crippen LogP contribution in [0.25, 0.3) is 0 Å². The van der Waals surface area contributed by atoms with Crippen molar-refractivity contribution in [2.45, 2.75) is 2.14 Å². The number of aromatic amines is 1. The molecule has 0 spiro atoms. The Morgan fingerprint density at radius 3 is 2.30 bits per heavy atom. The summed E-state index contributed by atoms with van der Waals surface area (Å²) in [6.07, 6.45) is 1.63. The molecular formula is C4H4Br3N3. The highest BCUT2D eigenvalue weighted by molar-refractivity contribution is 9.38. The molecule has 0 fully saturated rings. The van der Waals surface area contributed by atoms with E-state index in [1.54, 1.807) is 6.20 Å². The van der Waals surface area contributed by atoms with E-state index in [1.165, 1.54) is 0 Å². The van der Waals surface area contributed by atoms with E-state index in [1.807, 2.05) is 0 Å². The SMILES string of the molecule is Nc1[nH]ncc1C(Br)(Br)Br. The molecule has 0 amide bonds. The molecule has 6 heteroatoms. The van der Waals surface area contributed by atoms with Crippen molar-refractivity contribution in [1.82, 2.24) is 10.2 Å². The van der Waals surface area contributed by atoms with Gasteiger partial charge in [-0.1, -0.05) is 47.8 Å². The Morgan fingerprint density at radius 1 is 1.50 bits per heavy atom. The summed E-state index contributed by atoms with van der Waals surface area (Å²) >= 11 is 9.93. The number of rotatable bonds is 0. The third kappa shape index (κ3) is 1.73. The molecule has 0 radical (unpaired) electrons. The van der Waals surface area contributed by atoms with Crippen molar-refractivity contribution >= 4 is 53.6 Å². The first kappa shape index (κ1) is 8.55. The van der Waals surface area contributed by atoms with Gasteiger partial charge < -0.3 is 5.73 Å². The number of H-pyrrole nitrogens is 1. The summed E-state index contributed by atoms with van der Waals surface area (Å²) < 4.78 is -0.468. The zero-order valence-corrected chi connectivity index (χ0v) is 9.49. The number of halogens is 3. The Labute approximate surface area is 83.1 Å². The average Bonchev–Trinajstić information content (AvgIpc) is 2.11. The second kappa shape index (κ2) is 2.83. The quantitative estimate of drug-likeness (QED) is 0.716. The number of hydrogen-bond acceptors (Lipinski definition) is 2. The maximum absolute atomic E-state index is 5.52. The number of anilines is 1. The second-order valence-corrected chi connectivity index (χ2v) is 8.46. The molecule has 1 aromatic rings. The van der Waals surface area contributed by atoms with Gasteiger partial charge in [0, 0.05) is 0 Å². The van der Waals surface area contributed by atoms with Crippen LogP contribution in [0.2, 0.25) is 0 Å².